The number of hydrogen-bond donors (Lipinski definition) is 1. The quantitative estimate of drug-likeness (QED) is 0.926. The molecular weight excluding hydrogens is 302 g/mol. The van der Waals surface area contributed by atoms with E-state index < -0.39 is 0 Å². The van der Waals surface area contributed by atoms with E-state index in [0.717, 1.165) is 39.1 Å². The summed E-state index contributed by atoms with van der Waals surface area (Å²) in [6.45, 7) is 7.45. The molecule has 0 unspecified atom stereocenters. The van der Waals surface area contributed by atoms with Gasteiger partial charge in [-0.2, -0.15) is 0 Å². The maximum atomic E-state index is 12.7. The molecule has 0 bridgehead atoms. The van der Waals surface area contributed by atoms with E-state index in [4.69, 9.17) is 4.74 Å². The molecule has 0 aromatic heterocycles. The second-order valence-corrected chi connectivity index (χ2v) is 7.01. The average Bonchev–Trinajstić information content (AvgIpc) is 2.60. The summed E-state index contributed by atoms with van der Waals surface area (Å²) in [4.78, 5) is 17.0. The normalized spacial score (nSPS) is 25.9. The van der Waals surface area contributed by atoms with Crippen LogP contribution in [-0.4, -0.2) is 61.3 Å². The molecule has 0 radical (unpaired) electrons. The van der Waals surface area contributed by atoms with E-state index in [1.165, 1.54) is 11.1 Å². The highest BCUT2D eigenvalue weighted by atomic mass is 16.5. The lowest BCUT2D eigenvalue weighted by molar-refractivity contribution is -0.0882. The molecule has 3 rings (SSSR count). The summed E-state index contributed by atoms with van der Waals surface area (Å²) in [5, 5.41) is 3.21. The number of morpholine rings is 1. The van der Waals surface area contributed by atoms with Crippen LogP contribution in [0.3, 0.4) is 0 Å². The van der Waals surface area contributed by atoms with Gasteiger partial charge in [0.1, 0.15) is 0 Å². The van der Waals surface area contributed by atoms with Gasteiger partial charge in [0.2, 0.25) is 0 Å². The largest absolute Gasteiger partial charge is 0.375 e. The molecule has 0 spiro atoms. The number of aryl methyl sites for hydroxylation is 1. The Kier molecular flexibility index (Phi) is 5.41. The van der Waals surface area contributed by atoms with E-state index in [1.54, 1.807) is 0 Å². The molecule has 5 nitrogen and oxygen atoms in total. The SMILES string of the molecule is CC[C@H](NC(=O)N1CC[C@@H]2OCCN(C)[C@@H]2C1)c1ccc(C)cc1. The Hall–Kier alpha value is -1.59. The average molecular weight is 331 g/mol. The van der Waals surface area contributed by atoms with Crippen LogP contribution in [0.15, 0.2) is 24.3 Å². The van der Waals surface area contributed by atoms with Crippen molar-refractivity contribution in [3.05, 3.63) is 35.4 Å². The van der Waals surface area contributed by atoms with Crippen LogP contribution in [0.4, 0.5) is 4.79 Å². The van der Waals surface area contributed by atoms with E-state index in [0.29, 0.717) is 6.04 Å². The minimum atomic E-state index is 0.0415. The lowest BCUT2D eigenvalue weighted by atomic mass is 9.99. The maximum Gasteiger partial charge on any atom is 0.317 e. The Morgan fingerprint density at radius 1 is 1.33 bits per heavy atom. The number of nitrogens with one attached hydrogen (secondary N) is 1. The minimum Gasteiger partial charge on any atom is -0.375 e. The monoisotopic (exact) mass is 331 g/mol. The summed E-state index contributed by atoms with van der Waals surface area (Å²) in [7, 11) is 2.13. The summed E-state index contributed by atoms with van der Waals surface area (Å²) in [5.74, 6) is 0. The molecule has 1 aromatic rings. The third-order valence-electron chi connectivity index (χ3n) is 5.34. The van der Waals surface area contributed by atoms with Crippen molar-refractivity contribution in [2.75, 3.05) is 33.3 Å². The van der Waals surface area contributed by atoms with Gasteiger partial charge in [-0.25, -0.2) is 4.79 Å². The fourth-order valence-corrected chi connectivity index (χ4v) is 3.69. The van der Waals surface area contributed by atoms with Gasteiger partial charge in [0, 0.05) is 19.6 Å². The fourth-order valence-electron chi connectivity index (χ4n) is 3.69. The second-order valence-electron chi connectivity index (χ2n) is 7.01. The van der Waals surface area contributed by atoms with Crippen molar-refractivity contribution in [3.8, 4) is 0 Å². The number of ether oxygens (including phenoxy) is 1. The minimum absolute atomic E-state index is 0.0415. The van der Waals surface area contributed by atoms with E-state index in [2.05, 4.69) is 55.4 Å². The first-order valence-electron chi connectivity index (χ1n) is 9.02. The van der Waals surface area contributed by atoms with Gasteiger partial charge in [-0.15, -0.1) is 0 Å². The molecule has 0 aliphatic carbocycles. The number of nitrogens with zero attached hydrogens (tertiary/aromatic N) is 2. The van der Waals surface area contributed by atoms with Gasteiger partial charge in [-0.1, -0.05) is 36.8 Å². The standard InChI is InChI=1S/C19H29N3O2/c1-4-16(15-7-5-14(2)6-8-15)20-19(23)22-10-9-18-17(13-22)21(3)11-12-24-18/h5-8,16-18H,4,9-13H2,1-3H3,(H,20,23)/t16-,17+,18-/m0/s1. The van der Waals surface area contributed by atoms with Gasteiger partial charge in [0.15, 0.2) is 0 Å². The molecule has 2 fully saturated rings. The molecule has 2 heterocycles. The predicted molar refractivity (Wildman–Crippen MR) is 95.1 cm³/mol. The zero-order chi connectivity index (χ0) is 17.1. The highest BCUT2D eigenvalue weighted by Crippen LogP contribution is 2.23. The van der Waals surface area contributed by atoms with Crippen molar-refractivity contribution in [1.29, 1.82) is 0 Å². The van der Waals surface area contributed by atoms with Crippen molar-refractivity contribution < 1.29 is 9.53 Å². The van der Waals surface area contributed by atoms with Crippen LogP contribution in [0.2, 0.25) is 0 Å². The first-order valence-corrected chi connectivity index (χ1v) is 9.02. The molecule has 0 saturated carbocycles. The molecule has 5 heteroatoms. The highest BCUT2D eigenvalue weighted by Gasteiger charge is 2.37. The summed E-state index contributed by atoms with van der Waals surface area (Å²) < 4.78 is 5.86. The molecule has 2 saturated heterocycles. The number of urea groups is 1. The van der Waals surface area contributed by atoms with Gasteiger partial charge >= 0.3 is 6.03 Å². The van der Waals surface area contributed by atoms with Crippen molar-refractivity contribution >= 4 is 6.03 Å². The number of hydrogen-bond acceptors (Lipinski definition) is 3. The smallest absolute Gasteiger partial charge is 0.317 e. The van der Waals surface area contributed by atoms with Crippen LogP contribution < -0.4 is 5.32 Å². The highest BCUT2D eigenvalue weighted by molar-refractivity contribution is 5.75. The Morgan fingerprint density at radius 2 is 2.08 bits per heavy atom. The number of likely N-dealkylation sites (tertiary alicyclic amines) is 1. The van der Waals surface area contributed by atoms with Gasteiger partial charge in [0.25, 0.3) is 0 Å². The number of likely N-dealkylation sites (N-methyl/N-ethyl adjacent to an activating group) is 1. The Morgan fingerprint density at radius 3 is 2.79 bits per heavy atom. The second kappa shape index (κ2) is 7.53. The first-order chi connectivity index (χ1) is 11.6. The summed E-state index contributed by atoms with van der Waals surface area (Å²) in [6.07, 6.45) is 2.08. The van der Waals surface area contributed by atoms with Crippen LogP contribution in [0.25, 0.3) is 0 Å². The first kappa shape index (κ1) is 17.2. The van der Waals surface area contributed by atoms with Gasteiger partial charge in [-0.3, -0.25) is 4.90 Å². The molecule has 2 aliphatic heterocycles. The van der Waals surface area contributed by atoms with Crippen LogP contribution in [0, 0.1) is 6.92 Å². The lowest BCUT2D eigenvalue weighted by Gasteiger charge is -2.45. The lowest BCUT2D eigenvalue weighted by Crippen LogP contribution is -2.60. The van der Waals surface area contributed by atoms with Crippen LogP contribution >= 0.6 is 0 Å². The molecule has 2 amide bonds. The van der Waals surface area contributed by atoms with Gasteiger partial charge < -0.3 is 15.0 Å². The molecule has 1 aromatic carbocycles. The van der Waals surface area contributed by atoms with E-state index in [9.17, 15) is 4.79 Å². The number of piperidine rings is 1. The molecular formula is C19H29N3O2. The van der Waals surface area contributed by atoms with Crippen LogP contribution in [0.5, 0.6) is 0 Å². The van der Waals surface area contributed by atoms with Crippen LogP contribution in [0.1, 0.15) is 36.9 Å². The topological polar surface area (TPSA) is 44.8 Å². The summed E-state index contributed by atoms with van der Waals surface area (Å²) >= 11 is 0. The molecule has 2 aliphatic rings. The molecule has 132 valence electrons. The number of rotatable bonds is 3. The number of benzene rings is 1. The van der Waals surface area contributed by atoms with Crippen molar-refractivity contribution in [3.63, 3.8) is 0 Å². The third-order valence-corrected chi connectivity index (χ3v) is 5.34. The summed E-state index contributed by atoms with van der Waals surface area (Å²) in [6, 6.07) is 8.85. The van der Waals surface area contributed by atoms with Crippen molar-refractivity contribution in [2.45, 2.75) is 44.9 Å². The van der Waals surface area contributed by atoms with Gasteiger partial charge in [-0.05, 0) is 32.4 Å². The summed E-state index contributed by atoms with van der Waals surface area (Å²) in [5.41, 5.74) is 2.41. The predicted octanol–water partition coefficient (Wildman–Crippen LogP) is 2.56. The Balaban J connectivity index is 1.62. The number of amides is 2. The van der Waals surface area contributed by atoms with E-state index in [1.807, 2.05) is 4.90 Å². The maximum absolute atomic E-state index is 12.7. The third kappa shape index (κ3) is 3.73. The van der Waals surface area contributed by atoms with E-state index in [-0.39, 0.29) is 18.2 Å². The number of fused-ring (bicyclic) bond motifs is 1. The molecule has 1 N–H and O–H groups in total. The zero-order valence-corrected chi connectivity index (χ0v) is 15.0. The zero-order valence-electron chi connectivity index (χ0n) is 15.0. The van der Waals surface area contributed by atoms with Gasteiger partial charge in [0.05, 0.1) is 24.8 Å². The van der Waals surface area contributed by atoms with Crippen molar-refractivity contribution in [1.82, 2.24) is 15.1 Å². The fraction of sp³-hybridized carbons (Fsp3) is 0.632. The van der Waals surface area contributed by atoms with Crippen LogP contribution in [-0.2, 0) is 4.74 Å². The Bertz CT molecular complexity index is 560. The number of carbonyl (C=O) groups excluding carboxylic acids is 1. The van der Waals surface area contributed by atoms with Crippen molar-refractivity contribution in [2.24, 2.45) is 0 Å². The Labute approximate surface area is 145 Å². The molecule has 24 heavy (non-hydrogen) atoms. The number of carbonyl (C=O) groups is 1. The van der Waals surface area contributed by atoms with E-state index >= 15 is 0 Å². The molecule has 3 atom stereocenters.